The third-order valence-electron chi connectivity index (χ3n) is 4.04. The number of ether oxygens (including phenoxy) is 1. The summed E-state index contributed by atoms with van der Waals surface area (Å²) in [6.45, 7) is 8.81. The van der Waals surface area contributed by atoms with Crippen molar-refractivity contribution in [2.45, 2.75) is 58.1 Å². The van der Waals surface area contributed by atoms with Crippen LogP contribution in [0.15, 0.2) is 0 Å². The Hall–Kier alpha value is -0.120. The lowest BCUT2D eigenvalue weighted by Crippen LogP contribution is -2.46. The minimum absolute atomic E-state index is 0.480. The Balaban J connectivity index is 2.30. The summed E-state index contributed by atoms with van der Waals surface area (Å²) in [5, 5.41) is 13.7. The van der Waals surface area contributed by atoms with Crippen molar-refractivity contribution in [3.05, 3.63) is 0 Å². The van der Waals surface area contributed by atoms with E-state index in [9.17, 15) is 5.11 Å². The summed E-state index contributed by atoms with van der Waals surface area (Å²) in [6.07, 6.45) is 3.92. The number of aliphatic hydroxyl groups is 1. The van der Waals surface area contributed by atoms with Gasteiger partial charge in [0.15, 0.2) is 0 Å². The van der Waals surface area contributed by atoms with Gasteiger partial charge in [0.2, 0.25) is 0 Å². The first kappa shape index (κ1) is 13.9. The first-order chi connectivity index (χ1) is 7.61. The lowest BCUT2D eigenvalue weighted by Gasteiger charge is -2.32. The van der Waals surface area contributed by atoms with Crippen LogP contribution < -0.4 is 5.32 Å². The molecule has 1 aliphatic rings. The summed E-state index contributed by atoms with van der Waals surface area (Å²) in [5.41, 5.74) is -0.528. The first-order valence-electron chi connectivity index (χ1n) is 6.65. The van der Waals surface area contributed by atoms with Gasteiger partial charge in [0.1, 0.15) is 0 Å². The molecular formula is C13H27NO2. The number of nitrogens with one attached hydrogen (secondary N) is 1. The fourth-order valence-electron chi connectivity index (χ4n) is 2.23. The number of hydrogen-bond acceptors (Lipinski definition) is 3. The van der Waals surface area contributed by atoms with Crippen molar-refractivity contribution in [3.63, 3.8) is 0 Å². The SMILES string of the molecule is CCC(O)(CC)CNC(C)C1CCOCC1. The Labute approximate surface area is 99.6 Å². The third kappa shape index (κ3) is 4.04. The van der Waals surface area contributed by atoms with Crippen molar-refractivity contribution in [2.75, 3.05) is 19.8 Å². The molecule has 0 aromatic heterocycles. The second-order valence-corrected chi connectivity index (χ2v) is 5.05. The second kappa shape index (κ2) is 6.58. The van der Waals surface area contributed by atoms with E-state index in [1.165, 1.54) is 0 Å². The van der Waals surface area contributed by atoms with Gasteiger partial charge in [-0.15, -0.1) is 0 Å². The molecule has 3 heteroatoms. The topological polar surface area (TPSA) is 41.5 Å². The maximum absolute atomic E-state index is 10.2. The van der Waals surface area contributed by atoms with Gasteiger partial charge in [-0.25, -0.2) is 0 Å². The van der Waals surface area contributed by atoms with Crippen molar-refractivity contribution in [1.82, 2.24) is 5.32 Å². The highest BCUT2D eigenvalue weighted by Gasteiger charge is 2.25. The summed E-state index contributed by atoms with van der Waals surface area (Å²) >= 11 is 0. The van der Waals surface area contributed by atoms with Crippen LogP contribution in [0, 0.1) is 5.92 Å². The van der Waals surface area contributed by atoms with E-state index >= 15 is 0 Å². The van der Waals surface area contributed by atoms with Crippen molar-refractivity contribution >= 4 is 0 Å². The second-order valence-electron chi connectivity index (χ2n) is 5.05. The van der Waals surface area contributed by atoms with Crippen LogP contribution in [0.1, 0.15) is 46.5 Å². The van der Waals surface area contributed by atoms with E-state index in [-0.39, 0.29) is 0 Å². The summed E-state index contributed by atoms with van der Waals surface area (Å²) < 4.78 is 5.36. The van der Waals surface area contributed by atoms with Crippen LogP contribution in [0.2, 0.25) is 0 Å². The van der Waals surface area contributed by atoms with E-state index in [0.717, 1.165) is 38.9 Å². The van der Waals surface area contributed by atoms with Gasteiger partial charge in [-0.1, -0.05) is 13.8 Å². The van der Waals surface area contributed by atoms with Gasteiger partial charge in [-0.05, 0) is 38.5 Å². The molecule has 2 N–H and O–H groups in total. The van der Waals surface area contributed by atoms with Crippen LogP contribution in [-0.4, -0.2) is 36.5 Å². The van der Waals surface area contributed by atoms with Crippen LogP contribution in [0.5, 0.6) is 0 Å². The van der Waals surface area contributed by atoms with Crippen molar-refractivity contribution in [1.29, 1.82) is 0 Å². The molecule has 3 nitrogen and oxygen atoms in total. The number of hydrogen-bond donors (Lipinski definition) is 2. The zero-order chi connectivity index (χ0) is 12.0. The van der Waals surface area contributed by atoms with Crippen LogP contribution in [0.25, 0.3) is 0 Å². The highest BCUT2D eigenvalue weighted by molar-refractivity contribution is 4.82. The molecule has 0 bridgehead atoms. The molecule has 1 rings (SSSR count). The average molecular weight is 229 g/mol. The molecule has 16 heavy (non-hydrogen) atoms. The van der Waals surface area contributed by atoms with Gasteiger partial charge in [-0.3, -0.25) is 0 Å². The molecule has 96 valence electrons. The van der Waals surface area contributed by atoms with E-state index < -0.39 is 5.60 Å². The van der Waals surface area contributed by atoms with Gasteiger partial charge in [0.25, 0.3) is 0 Å². The summed E-state index contributed by atoms with van der Waals surface area (Å²) in [5.74, 6) is 0.701. The van der Waals surface area contributed by atoms with Gasteiger partial charge >= 0.3 is 0 Å². The molecule has 0 spiro atoms. The van der Waals surface area contributed by atoms with Crippen LogP contribution in [-0.2, 0) is 4.74 Å². The fraction of sp³-hybridized carbons (Fsp3) is 1.00. The minimum Gasteiger partial charge on any atom is -0.389 e. The molecule has 0 aromatic rings. The van der Waals surface area contributed by atoms with Crippen molar-refractivity contribution in [3.8, 4) is 0 Å². The summed E-state index contributed by atoms with van der Waals surface area (Å²) in [7, 11) is 0. The quantitative estimate of drug-likeness (QED) is 0.731. The molecule has 1 heterocycles. The molecule has 1 saturated heterocycles. The highest BCUT2D eigenvalue weighted by Crippen LogP contribution is 2.20. The Morgan fingerprint density at radius 1 is 1.31 bits per heavy atom. The zero-order valence-electron chi connectivity index (χ0n) is 11.0. The smallest absolute Gasteiger partial charge is 0.0766 e. The van der Waals surface area contributed by atoms with E-state index in [0.29, 0.717) is 18.5 Å². The third-order valence-corrected chi connectivity index (χ3v) is 4.04. The van der Waals surface area contributed by atoms with Crippen LogP contribution in [0.3, 0.4) is 0 Å². The zero-order valence-corrected chi connectivity index (χ0v) is 11.0. The Morgan fingerprint density at radius 3 is 2.38 bits per heavy atom. The molecule has 0 aromatic carbocycles. The monoisotopic (exact) mass is 229 g/mol. The van der Waals surface area contributed by atoms with E-state index in [4.69, 9.17) is 4.74 Å². The van der Waals surface area contributed by atoms with E-state index in [1.54, 1.807) is 0 Å². The molecular weight excluding hydrogens is 202 g/mol. The van der Waals surface area contributed by atoms with E-state index in [2.05, 4.69) is 12.2 Å². The Bertz CT molecular complexity index is 186. The van der Waals surface area contributed by atoms with Crippen molar-refractivity contribution < 1.29 is 9.84 Å². The number of rotatable bonds is 6. The maximum atomic E-state index is 10.2. The van der Waals surface area contributed by atoms with E-state index in [1.807, 2.05) is 13.8 Å². The average Bonchev–Trinajstić information content (AvgIpc) is 2.36. The predicted molar refractivity (Wildman–Crippen MR) is 66.5 cm³/mol. The molecule has 0 saturated carbocycles. The predicted octanol–water partition coefficient (Wildman–Crippen LogP) is 1.94. The largest absolute Gasteiger partial charge is 0.389 e. The minimum atomic E-state index is -0.528. The summed E-state index contributed by atoms with van der Waals surface area (Å²) in [4.78, 5) is 0. The Morgan fingerprint density at radius 2 is 1.88 bits per heavy atom. The fourth-order valence-corrected chi connectivity index (χ4v) is 2.23. The standard InChI is InChI=1S/C13H27NO2/c1-4-13(15,5-2)10-14-11(3)12-6-8-16-9-7-12/h11-12,14-15H,4-10H2,1-3H3. The van der Waals surface area contributed by atoms with Crippen LogP contribution in [0.4, 0.5) is 0 Å². The maximum Gasteiger partial charge on any atom is 0.0766 e. The lowest BCUT2D eigenvalue weighted by molar-refractivity contribution is 0.0207. The Kier molecular flexibility index (Phi) is 5.73. The molecule has 0 radical (unpaired) electrons. The van der Waals surface area contributed by atoms with Gasteiger partial charge in [-0.2, -0.15) is 0 Å². The molecule has 0 aliphatic carbocycles. The first-order valence-corrected chi connectivity index (χ1v) is 6.65. The molecule has 1 fully saturated rings. The van der Waals surface area contributed by atoms with Gasteiger partial charge in [0, 0.05) is 25.8 Å². The molecule has 0 amide bonds. The van der Waals surface area contributed by atoms with Gasteiger partial charge < -0.3 is 15.2 Å². The van der Waals surface area contributed by atoms with Gasteiger partial charge in [0.05, 0.1) is 5.60 Å². The molecule has 1 aliphatic heterocycles. The highest BCUT2D eigenvalue weighted by atomic mass is 16.5. The van der Waals surface area contributed by atoms with Crippen LogP contribution >= 0.6 is 0 Å². The van der Waals surface area contributed by atoms with Crippen molar-refractivity contribution in [2.24, 2.45) is 5.92 Å². The lowest BCUT2D eigenvalue weighted by atomic mass is 9.91. The normalized spacial score (nSPS) is 21.0. The summed E-state index contributed by atoms with van der Waals surface area (Å²) in [6, 6.07) is 0.480. The molecule has 1 atom stereocenters. The molecule has 1 unspecified atom stereocenters.